The van der Waals surface area contributed by atoms with Gasteiger partial charge in [0.25, 0.3) is 0 Å². The monoisotopic (exact) mass is 306 g/mol. The highest BCUT2D eigenvalue weighted by Gasteiger charge is 2.19. The predicted molar refractivity (Wildman–Crippen MR) is 71.4 cm³/mol. The molecule has 0 bridgehead atoms. The van der Waals surface area contributed by atoms with Crippen molar-refractivity contribution < 1.29 is 4.39 Å². The Hall–Kier alpha value is -0.0800. The fourth-order valence-corrected chi connectivity index (χ4v) is 2.82. The molecule has 0 aliphatic rings. The van der Waals surface area contributed by atoms with Gasteiger partial charge in [0.1, 0.15) is 5.82 Å². The van der Waals surface area contributed by atoms with Crippen LogP contribution < -0.4 is 0 Å². The Kier molecular flexibility index (Phi) is 5.26. The molecule has 16 heavy (non-hydrogen) atoms. The molecule has 0 amide bonds. The third kappa shape index (κ3) is 4.06. The van der Waals surface area contributed by atoms with E-state index in [9.17, 15) is 4.39 Å². The summed E-state index contributed by atoms with van der Waals surface area (Å²) in [4.78, 5) is 0. The molecule has 0 nitrogen and oxygen atoms in total. The van der Waals surface area contributed by atoms with Crippen LogP contribution >= 0.6 is 27.5 Å². The first-order valence-electron chi connectivity index (χ1n) is 5.49. The molecule has 0 saturated heterocycles. The summed E-state index contributed by atoms with van der Waals surface area (Å²) in [6.45, 7) is 6.30. The van der Waals surface area contributed by atoms with Crippen molar-refractivity contribution in [3.05, 3.63) is 34.1 Å². The van der Waals surface area contributed by atoms with Crippen LogP contribution in [0.25, 0.3) is 0 Å². The first kappa shape index (κ1) is 14.0. The molecule has 0 radical (unpaired) electrons. The van der Waals surface area contributed by atoms with Crippen LogP contribution in [0.15, 0.2) is 22.7 Å². The molecule has 1 aromatic rings. The van der Waals surface area contributed by atoms with Crippen LogP contribution in [-0.4, -0.2) is 5.38 Å². The van der Waals surface area contributed by atoms with Crippen LogP contribution in [-0.2, 0) is 6.42 Å². The van der Waals surface area contributed by atoms with Gasteiger partial charge in [0.05, 0.1) is 0 Å². The Morgan fingerprint density at radius 2 is 1.88 bits per heavy atom. The van der Waals surface area contributed by atoms with Crippen molar-refractivity contribution in [1.82, 2.24) is 0 Å². The molecule has 3 heteroatoms. The maximum atomic E-state index is 13.2. The average Bonchev–Trinajstić information content (AvgIpc) is 2.11. The Labute approximate surface area is 110 Å². The Bertz CT molecular complexity index is 322. The lowest BCUT2D eigenvalue weighted by Crippen LogP contribution is -2.20. The first-order chi connectivity index (χ1) is 7.40. The SMILES string of the molecule is CC(C)C(Cc1cc(F)cc(Br)c1)C(C)Cl. The molecular weight excluding hydrogens is 290 g/mol. The van der Waals surface area contributed by atoms with Crippen LogP contribution in [0.5, 0.6) is 0 Å². The van der Waals surface area contributed by atoms with Gasteiger partial charge in [-0.2, -0.15) is 0 Å². The third-order valence-electron chi connectivity index (χ3n) is 2.84. The zero-order valence-electron chi connectivity index (χ0n) is 9.81. The largest absolute Gasteiger partial charge is 0.207 e. The zero-order valence-corrected chi connectivity index (χ0v) is 12.1. The van der Waals surface area contributed by atoms with Gasteiger partial charge in [-0.25, -0.2) is 4.39 Å². The highest BCUT2D eigenvalue weighted by atomic mass is 79.9. The lowest BCUT2D eigenvalue weighted by Gasteiger charge is -2.23. The van der Waals surface area contributed by atoms with Gasteiger partial charge in [-0.15, -0.1) is 11.6 Å². The highest BCUT2D eigenvalue weighted by Crippen LogP contribution is 2.26. The second-order valence-electron chi connectivity index (χ2n) is 4.57. The van der Waals surface area contributed by atoms with Crippen molar-refractivity contribution >= 4 is 27.5 Å². The van der Waals surface area contributed by atoms with Crippen molar-refractivity contribution in [2.75, 3.05) is 0 Å². The van der Waals surface area contributed by atoms with Crippen LogP contribution in [0.2, 0.25) is 0 Å². The number of hydrogen-bond donors (Lipinski definition) is 0. The molecule has 0 spiro atoms. The van der Waals surface area contributed by atoms with E-state index in [-0.39, 0.29) is 11.2 Å². The van der Waals surface area contributed by atoms with Crippen LogP contribution in [0.1, 0.15) is 26.3 Å². The summed E-state index contributed by atoms with van der Waals surface area (Å²) >= 11 is 9.47. The van der Waals surface area contributed by atoms with Crippen LogP contribution in [0, 0.1) is 17.7 Å². The number of benzene rings is 1. The molecule has 0 N–H and O–H groups in total. The van der Waals surface area contributed by atoms with E-state index in [1.54, 1.807) is 6.07 Å². The summed E-state index contributed by atoms with van der Waals surface area (Å²) in [5, 5.41) is 0.0991. The fraction of sp³-hybridized carbons (Fsp3) is 0.538. The molecule has 0 aliphatic heterocycles. The second kappa shape index (κ2) is 6.02. The molecule has 0 saturated carbocycles. The number of hydrogen-bond acceptors (Lipinski definition) is 0. The van der Waals surface area contributed by atoms with Gasteiger partial charge < -0.3 is 0 Å². The van der Waals surface area contributed by atoms with Crippen molar-refractivity contribution in [2.24, 2.45) is 11.8 Å². The summed E-state index contributed by atoms with van der Waals surface area (Å²) in [6.07, 6.45) is 0.818. The van der Waals surface area contributed by atoms with Crippen molar-refractivity contribution in [3.8, 4) is 0 Å². The number of halogens is 3. The molecule has 1 rings (SSSR count). The van der Waals surface area contributed by atoms with Gasteiger partial charge in [-0.05, 0) is 48.9 Å². The highest BCUT2D eigenvalue weighted by molar-refractivity contribution is 9.10. The molecule has 2 atom stereocenters. The van der Waals surface area contributed by atoms with E-state index in [0.29, 0.717) is 11.8 Å². The van der Waals surface area contributed by atoms with Crippen LogP contribution in [0.3, 0.4) is 0 Å². The zero-order chi connectivity index (χ0) is 12.3. The maximum absolute atomic E-state index is 13.2. The van der Waals surface area contributed by atoms with E-state index < -0.39 is 0 Å². The van der Waals surface area contributed by atoms with Gasteiger partial charge in [0.15, 0.2) is 0 Å². The number of rotatable bonds is 4. The molecule has 1 aromatic carbocycles. The Morgan fingerprint density at radius 1 is 1.25 bits per heavy atom. The molecule has 0 heterocycles. The summed E-state index contributed by atoms with van der Waals surface area (Å²) in [7, 11) is 0. The van der Waals surface area contributed by atoms with Crippen molar-refractivity contribution in [1.29, 1.82) is 0 Å². The summed E-state index contributed by atoms with van der Waals surface area (Å²) in [5.41, 5.74) is 0.998. The van der Waals surface area contributed by atoms with E-state index in [4.69, 9.17) is 11.6 Å². The summed E-state index contributed by atoms with van der Waals surface area (Å²) in [6, 6.07) is 5.01. The van der Waals surface area contributed by atoms with E-state index >= 15 is 0 Å². The quantitative estimate of drug-likeness (QED) is 0.684. The standard InChI is InChI=1S/C13H17BrClF/c1-8(2)13(9(3)15)6-10-4-11(14)7-12(16)5-10/h4-5,7-9,13H,6H2,1-3H3. The van der Waals surface area contributed by atoms with Gasteiger partial charge in [-0.3, -0.25) is 0 Å². The first-order valence-corrected chi connectivity index (χ1v) is 6.72. The minimum absolute atomic E-state index is 0.0991. The van der Waals surface area contributed by atoms with Crippen molar-refractivity contribution in [3.63, 3.8) is 0 Å². The minimum Gasteiger partial charge on any atom is -0.207 e. The van der Waals surface area contributed by atoms with E-state index in [2.05, 4.69) is 29.8 Å². The Balaban J connectivity index is 2.85. The normalized spacial score (nSPS) is 15.2. The molecule has 90 valence electrons. The van der Waals surface area contributed by atoms with Gasteiger partial charge in [-0.1, -0.05) is 29.8 Å². The summed E-state index contributed by atoms with van der Waals surface area (Å²) < 4.78 is 14.0. The fourth-order valence-electron chi connectivity index (χ4n) is 1.93. The second-order valence-corrected chi connectivity index (χ2v) is 6.17. The van der Waals surface area contributed by atoms with E-state index in [0.717, 1.165) is 16.5 Å². The molecule has 0 aromatic heterocycles. The number of alkyl halides is 1. The van der Waals surface area contributed by atoms with E-state index in [1.807, 2.05) is 13.0 Å². The molecular formula is C13H17BrClF. The lowest BCUT2D eigenvalue weighted by molar-refractivity contribution is 0.376. The van der Waals surface area contributed by atoms with Crippen molar-refractivity contribution in [2.45, 2.75) is 32.6 Å². The molecule has 2 unspecified atom stereocenters. The third-order valence-corrected chi connectivity index (χ3v) is 3.62. The summed E-state index contributed by atoms with van der Waals surface area (Å²) in [5.74, 6) is 0.666. The lowest BCUT2D eigenvalue weighted by atomic mass is 9.87. The predicted octanol–water partition coefficient (Wildman–Crippen LogP) is 5.03. The van der Waals surface area contributed by atoms with Crippen LogP contribution in [0.4, 0.5) is 4.39 Å². The van der Waals surface area contributed by atoms with Gasteiger partial charge >= 0.3 is 0 Å². The minimum atomic E-state index is -0.200. The average molecular weight is 308 g/mol. The molecule has 0 fully saturated rings. The molecule has 0 aliphatic carbocycles. The maximum Gasteiger partial charge on any atom is 0.124 e. The smallest absolute Gasteiger partial charge is 0.124 e. The van der Waals surface area contributed by atoms with Gasteiger partial charge in [0, 0.05) is 9.85 Å². The van der Waals surface area contributed by atoms with Gasteiger partial charge in [0.2, 0.25) is 0 Å². The van der Waals surface area contributed by atoms with E-state index in [1.165, 1.54) is 6.07 Å². The Morgan fingerprint density at radius 3 is 2.31 bits per heavy atom. The topological polar surface area (TPSA) is 0 Å².